The molecule has 0 radical (unpaired) electrons. The van der Waals surface area contributed by atoms with E-state index in [0.717, 1.165) is 23.0 Å². The number of aliphatic hydroxyl groups is 1. The van der Waals surface area contributed by atoms with E-state index < -0.39 is 5.43 Å². The Kier molecular flexibility index (Phi) is 10.5. The van der Waals surface area contributed by atoms with Crippen molar-refractivity contribution in [3.8, 4) is 5.75 Å². The second-order valence-electron chi connectivity index (χ2n) is 4.28. The zero-order chi connectivity index (χ0) is 17.7. The van der Waals surface area contributed by atoms with Gasteiger partial charge in [-0.1, -0.05) is 55.1 Å². The van der Waals surface area contributed by atoms with Gasteiger partial charge in [-0.05, 0) is 30.2 Å². The summed E-state index contributed by atoms with van der Waals surface area (Å²) in [5, 5.41) is 24.7. The Morgan fingerprint density at radius 3 is 1.96 bits per heavy atom. The average Bonchev–Trinajstić information content (AvgIpc) is 2.49. The van der Waals surface area contributed by atoms with Crippen LogP contribution in [-0.2, 0) is 0 Å². The van der Waals surface area contributed by atoms with Gasteiger partial charge in [0.25, 0.3) is 0 Å². The molecule has 0 atom stereocenters. The molecular weight excluding hydrogens is 316 g/mol. The first kappa shape index (κ1) is 20.3. The van der Waals surface area contributed by atoms with Gasteiger partial charge in [-0.2, -0.15) is 0 Å². The highest BCUT2D eigenvalue weighted by Crippen LogP contribution is 2.21. The molecule has 2 rings (SSSR count). The predicted molar refractivity (Wildman–Crippen MR) is 94.8 cm³/mol. The summed E-state index contributed by atoms with van der Waals surface area (Å²) in [5.74, 6) is 0.301. The third kappa shape index (κ3) is 10.6. The van der Waals surface area contributed by atoms with E-state index in [9.17, 15) is 5.11 Å². The van der Waals surface area contributed by atoms with E-state index in [1.807, 2.05) is 49.4 Å². The van der Waals surface area contributed by atoms with Crippen LogP contribution >= 0.6 is 11.6 Å². The number of hydrogen-bond donors (Lipinski definition) is 3. The SMILES string of the molecule is C=C(C)c1ccccc1O.O=C(O)Cl.OC=Cc1ccccc1. The van der Waals surface area contributed by atoms with Crippen molar-refractivity contribution in [2.24, 2.45) is 0 Å². The normalized spacial score (nSPS) is 9.13. The molecule has 5 heteroatoms. The highest BCUT2D eigenvalue weighted by molar-refractivity contribution is 6.60. The molecule has 122 valence electrons. The average molecular weight is 335 g/mol. The van der Waals surface area contributed by atoms with E-state index in [1.54, 1.807) is 18.2 Å². The molecule has 0 aliphatic heterocycles. The van der Waals surface area contributed by atoms with Crippen molar-refractivity contribution in [3.63, 3.8) is 0 Å². The third-order valence-corrected chi connectivity index (χ3v) is 2.43. The van der Waals surface area contributed by atoms with Gasteiger partial charge >= 0.3 is 5.43 Å². The molecule has 0 fully saturated rings. The van der Waals surface area contributed by atoms with Crippen LogP contribution in [-0.4, -0.2) is 20.7 Å². The molecule has 0 spiro atoms. The van der Waals surface area contributed by atoms with Gasteiger partial charge in [0.05, 0.1) is 6.26 Å². The molecule has 2 aromatic rings. The van der Waals surface area contributed by atoms with Gasteiger partial charge in [0.2, 0.25) is 0 Å². The summed E-state index contributed by atoms with van der Waals surface area (Å²) in [4.78, 5) is 8.77. The van der Waals surface area contributed by atoms with Gasteiger partial charge in [-0.15, -0.1) is 0 Å². The standard InChI is InChI=1S/C9H10O.C8H8O.CHClO2/c1-7(2)8-5-3-4-6-9(8)10;9-7-6-8-4-2-1-3-5-8;2-1(3)4/h3-6,10H,1H2,2H3;1-7,9H;(H,3,4). The smallest absolute Gasteiger partial charge is 0.401 e. The molecule has 0 aliphatic carbocycles. The van der Waals surface area contributed by atoms with E-state index in [4.69, 9.17) is 15.0 Å². The number of allylic oxidation sites excluding steroid dienone is 1. The van der Waals surface area contributed by atoms with E-state index >= 15 is 0 Å². The van der Waals surface area contributed by atoms with Crippen LogP contribution in [0.15, 0.2) is 67.4 Å². The Morgan fingerprint density at radius 2 is 1.57 bits per heavy atom. The van der Waals surface area contributed by atoms with Crippen molar-refractivity contribution in [2.75, 3.05) is 0 Å². The molecule has 0 aliphatic rings. The molecule has 0 heterocycles. The van der Waals surface area contributed by atoms with Crippen LogP contribution < -0.4 is 0 Å². The molecule has 0 amide bonds. The molecule has 0 aromatic heterocycles. The first-order valence-electron chi connectivity index (χ1n) is 6.56. The lowest BCUT2D eigenvalue weighted by molar-refractivity contribution is 0.220. The van der Waals surface area contributed by atoms with Crippen LogP contribution in [0.5, 0.6) is 5.75 Å². The van der Waals surface area contributed by atoms with Gasteiger partial charge in [-0.3, -0.25) is 0 Å². The maximum Gasteiger partial charge on any atom is 0.401 e. The van der Waals surface area contributed by atoms with Gasteiger partial charge < -0.3 is 15.3 Å². The van der Waals surface area contributed by atoms with Crippen molar-refractivity contribution < 1.29 is 20.1 Å². The quantitative estimate of drug-likeness (QED) is 0.497. The summed E-state index contributed by atoms with van der Waals surface area (Å²) in [5.41, 5.74) is 1.36. The number of aliphatic hydroxyl groups excluding tert-OH is 1. The lowest BCUT2D eigenvalue weighted by Crippen LogP contribution is -1.76. The highest BCUT2D eigenvalue weighted by atomic mass is 35.5. The molecular formula is C18H19ClO4. The van der Waals surface area contributed by atoms with Crippen LogP contribution in [0.2, 0.25) is 0 Å². The number of benzene rings is 2. The summed E-state index contributed by atoms with van der Waals surface area (Å²) in [6.45, 7) is 5.60. The number of carbonyl (C=O) groups is 1. The van der Waals surface area contributed by atoms with E-state index in [2.05, 4.69) is 18.2 Å². The second kappa shape index (κ2) is 11.9. The Hall–Kier alpha value is -2.72. The fraction of sp³-hybridized carbons (Fsp3) is 0.0556. The summed E-state index contributed by atoms with van der Waals surface area (Å²) >= 11 is 4.19. The van der Waals surface area contributed by atoms with Gasteiger partial charge in [0.15, 0.2) is 0 Å². The monoisotopic (exact) mass is 334 g/mol. The van der Waals surface area contributed by atoms with Crippen LogP contribution in [0.4, 0.5) is 4.79 Å². The fourth-order valence-corrected chi connectivity index (χ4v) is 1.48. The van der Waals surface area contributed by atoms with Crippen molar-refractivity contribution in [1.82, 2.24) is 0 Å². The number of rotatable bonds is 2. The number of hydrogen-bond acceptors (Lipinski definition) is 3. The Morgan fingerprint density at radius 1 is 1.09 bits per heavy atom. The Bertz CT molecular complexity index is 632. The number of aromatic hydroxyl groups is 1. The Labute approximate surface area is 140 Å². The number of phenolic OH excluding ortho intramolecular Hbond substituents is 1. The zero-order valence-corrected chi connectivity index (χ0v) is 13.4. The van der Waals surface area contributed by atoms with Crippen molar-refractivity contribution in [3.05, 3.63) is 78.6 Å². The third-order valence-electron chi connectivity index (χ3n) is 2.43. The molecule has 0 saturated heterocycles. The highest BCUT2D eigenvalue weighted by Gasteiger charge is 1.96. The fourth-order valence-electron chi connectivity index (χ4n) is 1.48. The number of phenols is 1. The maximum absolute atomic E-state index is 9.22. The minimum atomic E-state index is -1.36. The molecule has 2 aromatic carbocycles. The van der Waals surface area contributed by atoms with Crippen LogP contribution in [0.1, 0.15) is 18.1 Å². The summed E-state index contributed by atoms with van der Waals surface area (Å²) in [6, 6.07) is 16.8. The van der Waals surface area contributed by atoms with Gasteiger partial charge in [-0.25, -0.2) is 4.79 Å². The minimum Gasteiger partial charge on any atom is -0.516 e. The van der Waals surface area contributed by atoms with E-state index in [-0.39, 0.29) is 0 Å². The summed E-state index contributed by atoms with van der Waals surface area (Å²) in [7, 11) is 0. The Balaban J connectivity index is 0.000000345. The van der Waals surface area contributed by atoms with E-state index in [0.29, 0.717) is 5.75 Å². The molecule has 4 nitrogen and oxygen atoms in total. The van der Waals surface area contributed by atoms with Crippen molar-refractivity contribution in [1.29, 1.82) is 0 Å². The minimum absolute atomic E-state index is 0.301. The maximum atomic E-state index is 9.22. The lowest BCUT2D eigenvalue weighted by Gasteiger charge is -2.00. The molecule has 3 N–H and O–H groups in total. The number of para-hydroxylation sites is 1. The van der Waals surface area contributed by atoms with Gasteiger partial charge in [0, 0.05) is 17.2 Å². The zero-order valence-electron chi connectivity index (χ0n) is 12.7. The summed E-state index contributed by atoms with van der Waals surface area (Å²) < 4.78 is 0. The molecule has 0 unspecified atom stereocenters. The first-order chi connectivity index (χ1) is 10.9. The molecule has 0 saturated carbocycles. The topological polar surface area (TPSA) is 77.8 Å². The van der Waals surface area contributed by atoms with Crippen molar-refractivity contribution in [2.45, 2.75) is 6.92 Å². The second-order valence-corrected chi connectivity index (χ2v) is 4.60. The van der Waals surface area contributed by atoms with Crippen molar-refractivity contribution >= 4 is 28.7 Å². The first-order valence-corrected chi connectivity index (χ1v) is 6.94. The largest absolute Gasteiger partial charge is 0.516 e. The van der Waals surface area contributed by atoms with Crippen LogP contribution in [0.3, 0.4) is 0 Å². The number of halogens is 1. The molecule has 0 bridgehead atoms. The number of carboxylic acid groups (broad SMARTS) is 1. The van der Waals surface area contributed by atoms with E-state index in [1.165, 1.54) is 0 Å². The predicted octanol–water partition coefficient (Wildman–Crippen LogP) is 5.54. The van der Waals surface area contributed by atoms with Gasteiger partial charge in [0.1, 0.15) is 5.75 Å². The summed E-state index contributed by atoms with van der Waals surface area (Å²) in [6.07, 6.45) is 2.68. The lowest BCUT2D eigenvalue weighted by atomic mass is 10.1. The van der Waals surface area contributed by atoms with Crippen LogP contribution in [0.25, 0.3) is 11.6 Å². The van der Waals surface area contributed by atoms with Crippen LogP contribution in [0, 0.1) is 0 Å². The molecule has 23 heavy (non-hydrogen) atoms.